The van der Waals surface area contributed by atoms with Crippen LogP contribution in [0.25, 0.3) is 103 Å². The average Bonchev–Trinajstić information content (AvgIpc) is 1.66. The van der Waals surface area contributed by atoms with Crippen LogP contribution in [-0.4, -0.2) is 146 Å². The van der Waals surface area contributed by atoms with Crippen LogP contribution in [0, 0.1) is 64.2 Å². The van der Waals surface area contributed by atoms with Gasteiger partial charge in [0.2, 0.25) is 0 Å². The maximum atomic E-state index is 11.8. The number of carbonyl (C=O) groups is 5. The van der Waals surface area contributed by atoms with Crippen molar-refractivity contribution in [2.75, 3.05) is 65.7 Å². The minimum atomic E-state index is -0.537. The minimum Gasteiger partial charge on any atom is -0.381 e. The number of nitrogens with two attached hydrogens (primary N) is 5. The molecule has 0 aliphatic carbocycles. The molecule has 5 atom stereocenters. The summed E-state index contributed by atoms with van der Waals surface area (Å²) in [7, 11) is 0. The number of hydrogen-bond donors (Lipinski definition) is 8. The molecule has 0 spiro atoms. The van der Waals surface area contributed by atoms with Crippen molar-refractivity contribution in [1.29, 1.82) is 0 Å². The summed E-state index contributed by atoms with van der Waals surface area (Å²) in [5, 5.41) is 57.4. The predicted octanol–water partition coefficient (Wildman–Crippen LogP) is 15.4. The minimum absolute atomic E-state index is 0.254. The molecule has 5 amide bonds. The van der Waals surface area contributed by atoms with Gasteiger partial charge in [0.1, 0.15) is 0 Å². The fourth-order valence-corrected chi connectivity index (χ4v) is 22.2. The second kappa shape index (κ2) is 39.3. The zero-order chi connectivity index (χ0) is 86.9. The molecule has 5 unspecified atom stereocenters. The van der Waals surface area contributed by atoms with E-state index in [1.807, 2.05) is 0 Å². The Bertz CT molecular complexity index is 5540. The average molecular weight is 1760 g/mol. The summed E-state index contributed by atoms with van der Waals surface area (Å²) < 4.78 is 15.1. The van der Waals surface area contributed by atoms with Crippen LogP contribution in [0.15, 0.2) is 152 Å². The number of primary amides is 5. The second-order valence-electron chi connectivity index (χ2n) is 33.0. The van der Waals surface area contributed by atoms with E-state index in [0.29, 0.717) is 29.6 Å². The number of fused-ring (bicyclic) bond motifs is 5. The van der Waals surface area contributed by atoms with Gasteiger partial charge in [-0.3, -0.25) is 24.0 Å². The van der Waals surface area contributed by atoms with Crippen molar-refractivity contribution in [3.63, 3.8) is 0 Å². The van der Waals surface area contributed by atoms with Crippen LogP contribution in [0.2, 0.25) is 0 Å². The van der Waals surface area contributed by atoms with E-state index < -0.39 is 29.5 Å². The van der Waals surface area contributed by atoms with Gasteiger partial charge in [-0.15, -0.1) is 82.2 Å². The largest absolute Gasteiger partial charge is 0.381 e. The van der Waals surface area contributed by atoms with Crippen molar-refractivity contribution in [1.82, 2.24) is 66.9 Å². The van der Waals surface area contributed by atoms with Gasteiger partial charge in [0.15, 0.2) is 28.5 Å². The van der Waals surface area contributed by atoms with Gasteiger partial charge in [-0.25, -0.2) is 0 Å². The second-order valence-corrected chi connectivity index (χ2v) is 38.2. The first-order valence-electron chi connectivity index (χ1n) is 42.2. The highest BCUT2D eigenvalue weighted by Gasteiger charge is 2.29. The number of thiophene rings is 5. The first-order chi connectivity index (χ1) is 60.6. The fourth-order valence-electron chi connectivity index (χ4n) is 16.3. The molecule has 13 N–H and O–H groups in total. The van der Waals surface area contributed by atoms with Crippen molar-refractivity contribution in [2.45, 2.75) is 98.8 Å². The van der Waals surface area contributed by atoms with E-state index in [4.69, 9.17) is 38.1 Å². The summed E-state index contributed by atoms with van der Waals surface area (Å²) in [6.45, 7) is 19.7. The van der Waals surface area contributed by atoms with Crippen LogP contribution < -0.4 is 44.6 Å². The van der Waals surface area contributed by atoms with Crippen LogP contribution in [0.5, 0.6) is 0 Å². The lowest BCUT2D eigenvalue weighted by atomic mass is 10.00. The lowest BCUT2D eigenvalue weighted by Gasteiger charge is -2.08. The number of rotatable bonds is 20. The Morgan fingerprint density at radius 1 is 0.296 bits per heavy atom. The predicted molar refractivity (Wildman–Crippen MR) is 500 cm³/mol. The summed E-state index contributed by atoms with van der Waals surface area (Å²) in [6, 6.07) is 52.5. The topological polar surface area (TPSA) is 399 Å². The molecule has 640 valence electrons. The number of amides is 5. The Morgan fingerprint density at radius 2 is 0.496 bits per heavy atom. The zero-order valence-corrected chi connectivity index (χ0v) is 74.3. The van der Waals surface area contributed by atoms with Crippen molar-refractivity contribution in [3.8, 4) is 52.2 Å². The SMILES string of the molecule is Cc1ccc(-c2cc3c(CC4CCNC4)nnc(C(N)=O)c3s2)cc1.Cc1ccc(-c2cc3c(CC4CCNC4)nnc(C(N)=O)c3s2)cc1.Cc1ccc(-c2cc3c(CC4CCNC4)nnc(C(N)=O)c3s2)cc1.Cc1ccc(-c2cc3c(CC4CCOC4)nnc(C(N)=O)c3s2)cc1.Cc1ccc(-c2cc3c(CC4CCOC4)nnc(C(N)=O)c3s2)cc1. The van der Waals surface area contributed by atoms with E-state index in [-0.39, 0.29) is 28.5 Å². The summed E-state index contributed by atoms with van der Waals surface area (Å²) in [6.07, 6.45) is 9.77. The van der Waals surface area contributed by atoms with Crippen LogP contribution in [-0.2, 0) is 41.6 Å². The van der Waals surface area contributed by atoms with Crippen molar-refractivity contribution >= 4 is 137 Å². The van der Waals surface area contributed by atoms with Gasteiger partial charge in [0.25, 0.3) is 29.5 Å². The number of benzene rings is 5. The summed E-state index contributed by atoms with van der Waals surface area (Å²) in [5.41, 5.74) is 45.4. The third-order valence-electron chi connectivity index (χ3n) is 23.4. The molecule has 5 saturated heterocycles. The molecular formula is C95H98N18O7S5. The molecule has 0 bridgehead atoms. The standard InChI is InChI=1S/3C19H20N4OS.2C19H19N3O2S/c3*1-11-2-4-13(5-3-11)16-9-14-15(8-12-6-7-21-10-12)22-23-17(19(20)24)18(14)25-16;2*1-11-2-4-13(5-3-11)16-9-14-15(8-12-6-7-24-10-12)21-22-17(19(20)23)18(14)25-16/h3*2-5,9,12,21H,6-8,10H2,1H3,(H2,20,24);2*2-5,9,12H,6-8,10H2,1H3,(H2,20,23). The van der Waals surface area contributed by atoms with Gasteiger partial charge in [0, 0.05) is 77.7 Å². The number of aromatic nitrogens is 10. The Kier molecular flexibility index (Phi) is 27.4. The van der Waals surface area contributed by atoms with Gasteiger partial charge >= 0.3 is 0 Å². The van der Waals surface area contributed by atoms with E-state index in [2.05, 4.69) is 253 Å². The Labute approximate surface area is 743 Å². The Hall–Kier alpha value is -11.6. The highest BCUT2D eigenvalue weighted by Crippen LogP contribution is 2.43. The molecular weight excluding hydrogens is 1670 g/mol. The molecule has 5 fully saturated rings. The quantitative estimate of drug-likeness (QED) is 0.0351. The summed E-state index contributed by atoms with van der Waals surface area (Å²) in [4.78, 5) is 64.4. The molecule has 5 aliphatic rings. The van der Waals surface area contributed by atoms with Gasteiger partial charge in [-0.2, -0.15) is 25.5 Å². The number of carbonyl (C=O) groups excluding carboxylic acids is 5. The number of nitrogens with one attached hydrogen (secondary N) is 3. The molecule has 15 aromatic rings. The van der Waals surface area contributed by atoms with Crippen molar-refractivity contribution < 1.29 is 33.4 Å². The van der Waals surface area contributed by atoms with Crippen molar-refractivity contribution in [3.05, 3.63) is 236 Å². The highest BCUT2D eigenvalue weighted by molar-refractivity contribution is 7.24. The van der Waals surface area contributed by atoms with Crippen LogP contribution >= 0.6 is 56.7 Å². The highest BCUT2D eigenvalue weighted by atomic mass is 32.1. The molecule has 30 heteroatoms. The fraction of sp³-hybridized carbons (Fsp3) is 0.316. The number of hydrogen-bond acceptors (Lipinski definition) is 25. The Morgan fingerprint density at radius 3 is 0.664 bits per heavy atom. The molecule has 5 aliphatic heterocycles. The first-order valence-corrected chi connectivity index (χ1v) is 46.2. The van der Waals surface area contributed by atoms with Gasteiger partial charge in [0.05, 0.1) is 52.0 Å². The molecule has 125 heavy (non-hydrogen) atoms. The lowest BCUT2D eigenvalue weighted by Crippen LogP contribution is -2.16. The van der Waals surface area contributed by atoms with E-state index in [1.165, 1.54) is 27.8 Å². The molecule has 15 heterocycles. The lowest BCUT2D eigenvalue weighted by molar-refractivity contribution is 0.0988. The molecule has 20 rings (SSSR count). The summed E-state index contributed by atoms with van der Waals surface area (Å²) >= 11 is 7.79. The maximum absolute atomic E-state index is 11.8. The van der Waals surface area contributed by atoms with Crippen molar-refractivity contribution in [2.24, 2.45) is 58.3 Å². The van der Waals surface area contributed by atoms with E-state index in [0.717, 1.165) is 261 Å². The molecule has 10 aromatic heterocycles. The Balaban J connectivity index is 0.000000115. The molecule has 0 radical (unpaired) electrons. The number of nitrogens with zero attached hydrogens (tertiary/aromatic N) is 10. The van der Waals surface area contributed by atoms with Crippen LogP contribution in [0.1, 0.15) is 141 Å². The van der Waals surface area contributed by atoms with Gasteiger partial charge in [-0.05, 0) is 226 Å². The van der Waals surface area contributed by atoms with E-state index >= 15 is 0 Å². The third-order valence-corrected chi connectivity index (χ3v) is 29.4. The molecule has 0 saturated carbocycles. The van der Waals surface area contributed by atoms with Gasteiger partial charge < -0.3 is 54.1 Å². The zero-order valence-electron chi connectivity index (χ0n) is 70.2. The number of ether oxygens (including phenoxy) is 2. The summed E-state index contributed by atoms with van der Waals surface area (Å²) in [5.74, 6) is -0.0222. The van der Waals surface area contributed by atoms with Crippen LogP contribution in [0.4, 0.5) is 0 Å². The van der Waals surface area contributed by atoms with E-state index in [9.17, 15) is 24.0 Å². The molecule has 5 aromatic carbocycles. The smallest absolute Gasteiger partial charge is 0.270 e. The monoisotopic (exact) mass is 1760 g/mol. The molecule has 25 nitrogen and oxygen atoms in total. The normalized spacial score (nSPS) is 17.2. The van der Waals surface area contributed by atoms with E-state index in [1.54, 1.807) is 56.7 Å². The number of aryl methyl sites for hydroxylation is 5. The maximum Gasteiger partial charge on any atom is 0.270 e. The van der Waals surface area contributed by atoms with Crippen LogP contribution in [0.3, 0.4) is 0 Å². The van der Waals surface area contributed by atoms with Gasteiger partial charge in [-0.1, -0.05) is 149 Å². The third kappa shape index (κ3) is 20.5. The first kappa shape index (κ1) is 86.9.